The Morgan fingerprint density at radius 2 is 1.85 bits per heavy atom. The molecule has 0 saturated heterocycles. The molecule has 0 bridgehead atoms. The van der Waals surface area contributed by atoms with Crippen LogP contribution in [0.1, 0.15) is 13.0 Å². The van der Waals surface area contributed by atoms with Crippen LogP contribution in [0.15, 0.2) is 30.3 Å². The normalized spacial score (nSPS) is 10.8. The van der Waals surface area contributed by atoms with Crippen LogP contribution in [-0.2, 0) is 38.1 Å². The Bertz CT molecular complexity index is 273. The fraction of sp³-hybridized carbons (Fsp3) is 0.200. The first-order valence-electron chi connectivity index (χ1n) is 3.35. The average molecular weight is 300 g/mol. The SMILES string of the molecule is C.C1=Cc2ccccc2OC1.[Fe].[Mo]. The van der Waals surface area contributed by atoms with Crippen molar-refractivity contribution in [3.8, 4) is 5.75 Å². The van der Waals surface area contributed by atoms with Crippen LogP contribution in [-0.4, -0.2) is 6.61 Å². The summed E-state index contributed by atoms with van der Waals surface area (Å²) in [7, 11) is 0. The molecule has 1 aromatic carbocycles. The topological polar surface area (TPSA) is 9.23 Å². The van der Waals surface area contributed by atoms with Crippen LogP contribution in [0.2, 0.25) is 0 Å². The van der Waals surface area contributed by atoms with Crippen molar-refractivity contribution in [2.24, 2.45) is 0 Å². The summed E-state index contributed by atoms with van der Waals surface area (Å²) in [5.74, 6) is 0.991. The van der Waals surface area contributed by atoms with E-state index in [1.807, 2.05) is 30.3 Å². The zero-order valence-corrected chi connectivity index (χ0v) is 9.45. The van der Waals surface area contributed by atoms with Crippen LogP contribution in [0.5, 0.6) is 5.75 Å². The third-order valence-corrected chi connectivity index (χ3v) is 1.55. The maximum atomic E-state index is 5.34. The first-order valence-corrected chi connectivity index (χ1v) is 3.35. The number of rotatable bonds is 0. The van der Waals surface area contributed by atoms with Crippen molar-refractivity contribution in [3.63, 3.8) is 0 Å². The molecule has 2 rings (SSSR count). The molecule has 0 saturated carbocycles. The van der Waals surface area contributed by atoms with Gasteiger partial charge in [0.25, 0.3) is 0 Å². The molecule has 0 aliphatic carbocycles. The Kier molecular flexibility index (Phi) is 8.76. The summed E-state index contributed by atoms with van der Waals surface area (Å²) in [6.45, 7) is 0.705. The fourth-order valence-corrected chi connectivity index (χ4v) is 1.06. The number of benzene rings is 1. The van der Waals surface area contributed by atoms with Gasteiger partial charge >= 0.3 is 0 Å². The third kappa shape index (κ3) is 3.68. The number of hydrogen-bond acceptors (Lipinski definition) is 1. The van der Waals surface area contributed by atoms with Crippen molar-refractivity contribution in [3.05, 3.63) is 35.9 Å². The Balaban J connectivity index is 0. The number of ether oxygens (including phenoxy) is 1. The van der Waals surface area contributed by atoms with Crippen LogP contribution in [0.4, 0.5) is 0 Å². The molecule has 0 unspecified atom stereocenters. The average Bonchev–Trinajstić information content (AvgIpc) is 2.05. The van der Waals surface area contributed by atoms with Gasteiger partial charge in [0.1, 0.15) is 12.4 Å². The van der Waals surface area contributed by atoms with Gasteiger partial charge in [-0.2, -0.15) is 0 Å². The van der Waals surface area contributed by atoms with Crippen LogP contribution in [0.25, 0.3) is 6.08 Å². The van der Waals surface area contributed by atoms with Gasteiger partial charge in [-0.3, -0.25) is 0 Å². The second kappa shape index (κ2) is 7.38. The van der Waals surface area contributed by atoms with E-state index in [4.69, 9.17) is 4.74 Å². The molecule has 13 heavy (non-hydrogen) atoms. The summed E-state index contributed by atoms with van der Waals surface area (Å²) in [6.07, 6.45) is 4.10. The molecule has 1 aliphatic heterocycles. The molecule has 0 fully saturated rings. The van der Waals surface area contributed by atoms with E-state index in [1.165, 1.54) is 5.56 Å². The van der Waals surface area contributed by atoms with E-state index in [9.17, 15) is 0 Å². The maximum absolute atomic E-state index is 5.34. The van der Waals surface area contributed by atoms with E-state index in [2.05, 4.69) is 6.08 Å². The van der Waals surface area contributed by atoms with Crippen molar-refractivity contribution in [1.29, 1.82) is 0 Å². The molecule has 0 spiro atoms. The zero-order valence-electron chi connectivity index (χ0n) is 6.34. The van der Waals surface area contributed by atoms with Gasteiger partial charge < -0.3 is 4.74 Å². The minimum absolute atomic E-state index is 0. The molecule has 0 atom stereocenters. The quantitative estimate of drug-likeness (QED) is 0.669. The predicted octanol–water partition coefficient (Wildman–Crippen LogP) is 2.72. The van der Waals surface area contributed by atoms with E-state index in [0.29, 0.717) is 6.61 Å². The molecule has 1 aliphatic rings. The van der Waals surface area contributed by atoms with Crippen molar-refractivity contribution in [2.45, 2.75) is 7.43 Å². The molecule has 1 aromatic rings. The van der Waals surface area contributed by atoms with E-state index >= 15 is 0 Å². The summed E-state index contributed by atoms with van der Waals surface area (Å²) in [5, 5.41) is 0. The molecule has 1 nitrogen and oxygen atoms in total. The Labute approximate surface area is 104 Å². The van der Waals surface area contributed by atoms with Gasteiger partial charge in [0.2, 0.25) is 0 Å². The molecule has 3 heteroatoms. The second-order valence-corrected chi connectivity index (χ2v) is 2.25. The molecule has 0 aromatic heterocycles. The number of hydrogen-bond donors (Lipinski definition) is 0. The van der Waals surface area contributed by atoms with Gasteiger partial charge in [0.15, 0.2) is 0 Å². The van der Waals surface area contributed by atoms with Crippen molar-refractivity contribution in [2.75, 3.05) is 6.61 Å². The Hall–Kier alpha value is -0.0322. The van der Waals surface area contributed by atoms with Crippen molar-refractivity contribution in [1.82, 2.24) is 0 Å². The van der Waals surface area contributed by atoms with E-state index < -0.39 is 0 Å². The van der Waals surface area contributed by atoms with Crippen LogP contribution < -0.4 is 4.74 Å². The second-order valence-electron chi connectivity index (χ2n) is 2.25. The van der Waals surface area contributed by atoms with E-state index in [-0.39, 0.29) is 45.6 Å². The van der Waals surface area contributed by atoms with Gasteiger partial charge in [-0.15, -0.1) is 0 Å². The monoisotopic (exact) mass is 302 g/mol. The minimum Gasteiger partial charge on any atom is -0.489 e. The van der Waals surface area contributed by atoms with Crippen LogP contribution >= 0.6 is 0 Å². The number of fused-ring (bicyclic) bond motifs is 1. The Morgan fingerprint density at radius 3 is 2.54 bits per heavy atom. The first-order chi connectivity index (χ1) is 4.97. The van der Waals surface area contributed by atoms with Crippen LogP contribution in [0, 0.1) is 0 Å². The van der Waals surface area contributed by atoms with Gasteiger partial charge in [0.05, 0.1) is 0 Å². The summed E-state index contributed by atoms with van der Waals surface area (Å²) < 4.78 is 5.34. The molecular weight excluding hydrogens is 288 g/mol. The summed E-state index contributed by atoms with van der Waals surface area (Å²) in [4.78, 5) is 0. The summed E-state index contributed by atoms with van der Waals surface area (Å²) >= 11 is 0. The summed E-state index contributed by atoms with van der Waals surface area (Å²) in [5.41, 5.74) is 1.17. The largest absolute Gasteiger partial charge is 0.489 e. The Morgan fingerprint density at radius 1 is 1.15 bits per heavy atom. The molecule has 0 radical (unpaired) electrons. The van der Waals surface area contributed by atoms with Crippen LogP contribution in [0.3, 0.4) is 0 Å². The smallest absolute Gasteiger partial charge is 0.126 e. The van der Waals surface area contributed by atoms with E-state index in [0.717, 1.165) is 5.75 Å². The zero-order chi connectivity index (χ0) is 6.81. The molecule has 0 N–H and O–H groups in total. The fourth-order valence-electron chi connectivity index (χ4n) is 1.06. The van der Waals surface area contributed by atoms with Gasteiger partial charge in [-0.1, -0.05) is 31.7 Å². The van der Waals surface area contributed by atoms with Gasteiger partial charge in [0, 0.05) is 43.7 Å². The minimum atomic E-state index is 0. The molecule has 0 amide bonds. The molecular formula is C10H12FeMoO. The van der Waals surface area contributed by atoms with Gasteiger partial charge in [-0.25, -0.2) is 0 Å². The summed E-state index contributed by atoms with van der Waals surface area (Å²) in [6, 6.07) is 8.03. The van der Waals surface area contributed by atoms with Crippen molar-refractivity contribution >= 4 is 6.08 Å². The molecule has 1 heterocycles. The van der Waals surface area contributed by atoms with Crippen molar-refractivity contribution < 1.29 is 42.9 Å². The maximum Gasteiger partial charge on any atom is 0.126 e. The first kappa shape index (κ1) is 15.4. The predicted molar refractivity (Wildman–Crippen MR) is 47.7 cm³/mol. The molecule has 72 valence electrons. The third-order valence-electron chi connectivity index (χ3n) is 1.55. The van der Waals surface area contributed by atoms with E-state index in [1.54, 1.807) is 0 Å². The standard InChI is InChI=1S/C9H8O.CH4.Fe.Mo/c1-2-6-9-8(4-1)5-3-7-10-9;;;/h1-6H,7H2;1H4;;. The number of para-hydroxylation sites is 1. The van der Waals surface area contributed by atoms with Gasteiger partial charge in [-0.05, 0) is 12.1 Å².